The molecule has 102 valence electrons. The average molecular weight is 269 g/mol. The van der Waals surface area contributed by atoms with Crippen molar-refractivity contribution in [1.29, 1.82) is 5.26 Å². The predicted octanol–water partition coefficient (Wildman–Crippen LogP) is 1.69. The van der Waals surface area contributed by atoms with Gasteiger partial charge in [0, 0.05) is 19.7 Å². The van der Waals surface area contributed by atoms with Gasteiger partial charge >= 0.3 is 0 Å². The molecule has 0 saturated carbocycles. The fraction of sp³-hybridized carbons (Fsp3) is 0.214. The van der Waals surface area contributed by atoms with Crippen LogP contribution >= 0.6 is 0 Å². The summed E-state index contributed by atoms with van der Waals surface area (Å²) >= 11 is 0. The number of nitrogens with zero attached hydrogens (tertiary/aromatic N) is 3. The molecular weight excluding hydrogens is 254 g/mol. The van der Waals surface area contributed by atoms with Gasteiger partial charge in [-0.05, 0) is 17.7 Å². The number of nitrogen functional groups attached to an aromatic ring is 1. The number of anilines is 2. The van der Waals surface area contributed by atoms with E-state index in [0.29, 0.717) is 36.2 Å². The summed E-state index contributed by atoms with van der Waals surface area (Å²) < 4.78 is 4.99. The number of rotatable bonds is 5. The van der Waals surface area contributed by atoms with Crippen LogP contribution in [0.25, 0.3) is 0 Å². The molecule has 0 saturated heterocycles. The highest BCUT2D eigenvalue weighted by Gasteiger charge is 2.03. The van der Waals surface area contributed by atoms with Crippen molar-refractivity contribution in [3.63, 3.8) is 0 Å². The molecule has 0 aliphatic rings. The van der Waals surface area contributed by atoms with E-state index in [1.54, 1.807) is 19.2 Å². The summed E-state index contributed by atoms with van der Waals surface area (Å²) in [5.41, 5.74) is 7.34. The summed E-state index contributed by atoms with van der Waals surface area (Å²) in [4.78, 5) is 8.35. The third-order valence-corrected chi connectivity index (χ3v) is 2.60. The maximum Gasteiger partial charge on any atom is 0.158 e. The molecule has 0 spiro atoms. The van der Waals surface area contributed by atoms with E-state index in [9.17, 15) is 0 Å². The monoisotopic (exact) mass is 269 g/mol. The van der Waals surface area contributed by atoms with Crippen molar-refractivity contribution in [1.82, 2.24) is 9.97 Å². The highest BCUT2D eigenvalue weighted by Crippen LogP contribution is 2.11. The molecule has 0 aliphatic heterocycles. The van der Waals surface area contributed by atoms with Gasteiger partial charge in [-0.2, -0.15) is 5.26 Å². The smallest absolute Gasteiger partial charge is 0.158 e. The summed E-state index contributed by atoms with van der Waals surface area (Å²) in [6.07, 6.45) is 0. The van der Waals surface area contributed by atoms with E-state index in [0.717, 1.165) is 5.56 Å². The lowest BCUT2D eigenvalue weighted by Gasteiger charge is -2.08. The molecule has 1 aromatic carbocycles. The van der Waals surface area contributed by atoms with Gasteiger partial charge < -0.3 is 15.8 Å². The molecule has 0 aliphatic carbocycles. The van der Waals surface area contributed by atoms with Gasteiger partial charge in [0.1, 0.15) is 18.2 Å². The normalized spacial score (nSPS) is 10.0. The van der Waals surface area contributed by atoms with Crippen molar-refractivity contribution < 1.29 is 4.74 Å². The molecule has 0 unspecified atom stereocenters. The van der Waals surface area contributed by atoms with Crippen molar-refractivity contribution >= 4 is 11.6 Å². The lowest BCUT2D eigenvalue weighted by atomic mass is 10.1. The van der Waals surface area contributed by atoms with Crippen molar-refractivity contribution in [3.05, 3.63) is 47.3 Å². The van der Waals surface area contributed by atoms with Gasteiger partial charge in [-0.15, -0.1) is 0 Å². The lowest BCUT2D eigenvalue weighted by molar-refractivity contribution is 0.178. The molecule has 0 radical (unpaired) electrons. The number of nitrogens with two attached hydrogens (primary N) is 1. The zero-order chi connectivity index (χ0) is 14.4. The maximum atomic E-state index is 8.86. The zero-order valence-corrected chi connectivity index (χ0v) is 11.1. The number of hydrogen-bond acceptors (Lipinski definition) is 6. The quantitative estimate of drug-likeness (QED) is 0.857. The van der Waals surface area contributed by atoms with Crippen LogP contribution in [0.3, 0.4) is 0 Å². The van der Waals surface area contributed by atoms with Crippen LogP contribution in [0.15, 0.2) is 30.3 Å². The molecule has 0 fully saturated rings. The summed E-state index contributed by atoms with van der Waals surface area (Å²) in [5, 5.41) is 12.0. The van der Waals surface area contributed by atoms with Gasteiger partial charge in [-0.25, -0.2) is 9.97 Å². The van der Waals surface area contributed by atoms with E-state index in [2.05, 4.69) is 21.4 Å². The Kier molecular flexibility index (Phi) is 4.47. The first-order valence-corrected chi connectivity index (χ1v) is 6.06. The molecule has 2 aromatic rings. The van der Waals surface area contributed by atoms with E-state index >= 15 is 0 Å². The molecule has 6 nitrogen and oxygen atoms in total. The van der Waals surface area contributed by atoms with Gasteiger partial charge in [-0.1, -0.05) is 12.1 Å². The van der Waals surface area contributed by atoms with Crippen LogP contribution in [0.2, 0.25) is 0 Å². The topological polar surface area (TPSA) is 96.9 Å². The number of nitriles is 1. The standard InChI is InChI=1S/C14H15N5O/c1-20-9-14-18-12(16)6-13(19-14)17-8-11-4-2-3-10(5-11)7-15/h2-6H,8-9H2,1H3,(H3,16,17,18,19). The van der Waals surface area contributed by atoms with Gasteiger partial charge in [0.05, 0.1) is 11.6 Å². The Morgan fingerprint density at radius 1 is 1.35 bits per heavy atom. The Bertz CT molecular complexity index is 636. The van der Waals surface area contributed by atoms with Crippen LogP contribution in [0.5, 0.6) is 0 Å². The van der Waals surface area contributed by atoms with Crippen LogP contribution in [-0.4, -0.2) is 17.1 Å². The number of aromatic nitrogens is 2. The Morgan fingerprint density at radius 3 is 2.95 bits per heavy atom. The SMILES string of the molecule is COCc1nc(N)cc(NCc2cccc(C#N)c2)n1. The highest BCUT2D eigenvalue weighted by atomic mass is 16.5. The predicted molar refractivity (Wildman–Crippen MR) is 75.6 cm³/mol. The Morgan fingerprint density at radius 2 is 2.20 bits per heavy atom. The second-order valence-corrected chi connectivity index (χ2v) is 4.19. The molecule has 6 heteroatoms. The number of benzene rings is 1. The van der Waals surface area contributed by atoms with Crippen molar-refractivity contribution in [2.45, 2.75) is 13.2 Å². The summed E-state index contributed by atoms with van der Waals surface area (Å²) in [7, 11) is 1.58. The second-order valence-electron chi connectivity index (χ2n) is 4.19. The molecule has 0 amide bonds. The van der Waals surface area contributed by atoms with E-state index in [-0.39, 0.29) is 0 Å². The number of ether oxygens (including phenoxy) is 1. The fourth-order valence-corrected chi connectivity index (χ4v) is 1.75. The third kappa shape index (κ3) is 3.67. The van der Waals surface area contributed by atoms with Gasteiger partial charge in [0.15, 0.2) is 5.82 Å². The Labute approximate surface area is 117 Å². The molecule has 3 N–H and O–H groups in total. The minimum Gasteiger partial charge on any atom is -0.384 e. The Hall–Kier alpha value is -2.65. The first-order chi connectivity index (χ1) is 9.71. The first-order valence-electron chi connectivity index (χ1n) is 6.06. The van der Waals surface area contributed by atoms with E-state index < -0.39 is 0 Å². The molecule has 1 aromatic heterocycles. The van der Waals surface area contributed by atoms with Gasteiger partial charge in [0.25, 0.3) is 0 Å². The van der Waals surface area contributed by atoms with Gasteiger partial charge in [-0.3, -0.25) is 0 Å². The summed E-state index contributed by atoms with van der Waals surface area (Å²) in [5.74, 6) is 1.55. The van der Waals surface area contributed by atoms with E-state index in [1.165, 1.54) is 0 Å². The highest BCUT2D eigenvalue weighted by molar-refractivity contribution is 5.45. The molecule has 20 heavy (non-hydrogen) atoms. The molecule has 2 rings (SSSR count). The van der Waals surface area contributed by atoms with Crippen molar-refractivity contribution in [2.24, 2.45) is 0 Å². The summed E-state index contributed by atoms with van der Waals surface area (Å²) in [6.45, 7) is 0.863. The van der Waals surface area contributed by atoms with E-state index in [1.807, 2.05) is 18.2 Å². The average Bonchev–Trinajstić information content (AvgIpc) is 2.45. The van der Waals surface area contributed by atoms with Crippen LogP contribution in [0, 0.1) is 11.3 Å². The van der Waals surface area contributed by atoms with E-state index in [4.69, 9.17) is 15.7 Å². The van der Waals surface area contributed by atoms with Crippen LogP contribution < -0.4 is 11.1 Å². The molecule has 0 bridgehead atoms. The van der Waals surface area contributed by atoms with Crippen molar-refractivity contribution in [3.8, 4) is 6.07 Å². The van der Waals surface area contributed by atoms with Crippen molar-refractivity contribution in [2.75, 3.05) is 18.2 Å². The number of hydrogen-bond donors (Lipinski definition) is 2. The number of methoxy groups -OCH3 is 1. The van der Waals surface area contributed by atoms with Crippen LogP contribution in [0.1, 0.15) is 17.0 Å². The minimum absolute atomic E-state index is 0.309. The Balaban J connectivity index is 2.08. The first kappa shape index (κ1) is 13.8. The fourth-order valence-electron chi connectivity index (χ4n) is 1.75. The second kappa shape index (κ2) is 6.50. The number of nitrogens with one attached hydrogen (secondary N) is 1. The minimum atomic E-state index is 0.309. The molecule has 1 heterocycles. The maximum absolute atomic E-state index is 8.86. The largest absolute Gasteiger partial charge is 0.384 e. The van der Waals surface area contributed by atoms with Gasteiger partial charge in [0.2, 0.25) is 0 Å². The van der Waals surface area contributed by atoms with Crippen LogP contribution in [-0.2, 0) is 17.9 Å². The molecular formula is C14H15N5O. The third-order valence-electron chi connectivity index (χ3n) is 2.60. The van der Waals surface area contributed by atoms with Crippen LogP contribution in [0.4, 0.5) is 11.6 Å². The summed E-state index contributed by atoms with van der Waals surface area (Å²) in [6, 6.07) is 11.2. The lowest BCUT2D eigenvalue weighted by Crippen LogP contribution is -2.07. The zero-order valence-electron chi connectivity index (χ0n) is 11.1. The molecule has 0 atom stereocenters.